The quantitative estimate of drug-likeness (QED) is 0.901. The van der Waals surface area contributed by atoms with Gasteiger partial charge in [0.05, 0.1) is 4.90 Å². The molecule has 1 heterocycles. The van der Waals surface area contributed by atoms with Crippen molar-refractivity contribution in [3.05, 3.63) is 28.8 Å². The fourth-order valence-corrected chi connectivity index (χ4v) is 3.13. The first-order valence-corrected chi connectivity index (χ1v) is 7.86. The molecular weight excluding hydrogens is 288 g/mol. The Balaban J connectivity index is 2.40. The highest BCUT2D eigenvalue weighted by Gasteiger charge is 2.27. The molecule has 0 aromatic heterocycles. The number of primary sulfonamides is 1. The molecule has 0 saturated carbocycles. The van der Waals surface area contributed by atoms with Crippen LogP contribution in [0.1, 0.15) is 30.1 Å². The van der Waals surface area contributed by atoms with Gasteiger partial charge >= 0.3 is 0 Å². The highest BCUT2D eigenvalue weighted by atomic mass is 35.5. The van der Waals surface area contributed by atoms with E-state index >= 15 is 0 Å². The first-order chi connectivity index (χ1) is 8.79. The number of hydrogen-bond donors (Lipinski definition) is 1. The van der Waals surface area contributed by atoms with Gasteiger partial charge in [-0.1, -0.05) is 11.6 Å². The van der Waals surface area contributed by atoms with Crippen LogP contribution in [-0.2, 0) is 10.0 Å². The van der Waals surface area contributed by atoms with E-state index in [0.717, 1.165) is 12.8 Å². The summed E-state index contributed by atoms with van der Waals surface area (Å²) in [7, 11) is -3.87. The maximum atomic E-state index is 12.3. The number of likely N-dealkylation sites (tertiary alicyclic amines) is 1. The van der Waals surface area contributed by atoms with E-state index in [1.807, 2.05) is 6.92 Å². The molecule has 0 aliphatic carbocycles. The van der Waals surface area contributed by atoms with E-state index in [4.69, 9.17) is 16.7 Å². The molecule has 1 aromatic carbocycles. The first-order valence-electron chi connectivity index (χ1n) is 5.93. The Morgan fingerprint density at radius 2 is 2.11 bits per heavy atom. The first kappa shape index (κ1) is 14.3. The second-order valence-electron chi connectivity index (χ2n) is 4.71. The topological polar surface area (TPSA) is 80.5 Å². The van der Waals surface area contributed by atoms with Crippen molar-refractivity contribution in [2.24, 2.45) is 5.14 Å². The molecule has 0 radical (unpaired) electrons. The number of halogens is 1. The van der Waals surface area contributed by atoms with Gasteiger partial charge in [0.1, 0.15) is 0 Å². The minimum Gasteiger partial charge on any atom is -0.336 e. The normalized spacial score (nSPS) is 19.7. The van der Waals surface area contributed by atoms with Crippen molar-refractivity contribution in [1.29, 1.82) is 0 Å². The molecule has 1 aromatic rings. The van der Waals surface area contributed by atoms with Crippen LogP contribution in [0.4, 0.5) is 0 Å². The lowest BCUT2D eigenvalue weighted by atomic mass is 10.2. The van der Waals surface area contributed by atoms with Gasteiger partial charge < -0.3 is 4.90 Å². The summed E-state index contributed by atoms with van der Waals surface area (Å²) in [5.41, 5.74) is 0.255. The van der Waals surface area contributed by atoms with Crippen molar-refractivity contribution in [2.45, 2.75) is 30.7 Å². The molecule has 5 nitrogen and oxygen atoms in total. The number of carbonyl (C=O) groups is 1. The SMILES string of the molecule is CC1CCCN1C(=O)c1cc(Cl)cc(S(N)(=O)=O)c1. The summed E-state index contributed by atoms with van der Waals surface area (Å²) in [5, 5.41) is 5.25. The maximum absolute atomic E-state index is 12.3. The molecule has 1 aliphatic rings. The van der Waals surface area contributed by atoms with E-state index in [-0.39, 0.29) is 27.4 Å². The average molecular weight is 303 g/mol. The van der Waals surface area contributed by atoms with Crippen LogP contribution in [-0.4, -0.2) is 31.8 Å². The van der Waals surface area contributed by atoms with Crippen LogP contribution in [0.15, 0.2) is 23.1 Å². The Bertz CT molecular complexity index is 615. The Kier molecular flexibility index (Phi) is 3.85. The van der Waals surface area contributed by atoms with Crippen LogP contribution in [0.2, 0.25) is 5.02 Å². The van der Waals surface area contributed by atoms with Crippen molar-refractivity contribution in [2.75, 3.05) is 6.54 Å². The van der Waals surface area contributed by atoms with E-state index in [1.54, 1.807) is 4.90 Å². The highest BCUT2D eigenvalue weighted by molar-refractivity contribution is 7.89. The molecule has 104 valence electrons. The van der Waals surface area contributed by atoms with Gasteiger partial charge in [0.25, 0.3) is 5.91 Å². The van der Waals surface area contributed by atoms with Crippen LogP contribution in [0, 0.1) is 0 Å². The second-order valence-corrected chi connectivity index (χ2v) is 6.71. The predicted molar refractivity (Wildman–Crippen MR) is 72.6 cm³/mol. The van der Waals surface area contributed by atoms with Gasteiger partial charge in [-0.05, 0) is 38.0 Å². The summed E-state index contributed by atoms with van der Waals surface area (Å²) in [6, 6.07) is 4.13. The number of rotatable bonds is 2. The number of hydrogen-bond acceptors (Lipinski definition) is 3. The van der Waals surface area contributed by atoms with Crippen molar-refractivity contribution < 1.29 is 13.2 Å². The zero-order chi connectivity index (χ0) is 14.2. The molecule has 0 spiro atoms. The summed E-state index contributed by atoms with van der Waals surface area (Å²) in [6.45, 7) is 2.65. The number of nitrogens with two attached hydrogens (primary N) is 1. The van der Waals surface area contributed by atoms with Gasteiger partial charge in [-0.25, -0.2) is 13.6 Å². The number of carbonyl (C=O) groups excluding carboxylic acids is 1. The largest absolute Gasteiger partial charge is 0.336 e. The number of nitrogens with zero attached hydrogens (tertiary/aromatic N) is 1. The summed E-state index contributed by atoms with van der Waals surface area (Å²) in [5.74, 6) is -0.211. The third-order valence-corrected chi connectivity index (χ3v) is 4.37. The average Bonchev–Trinajstić information content (AvgIpc) is 2.72. The minimum absolute atomic E-state index is 0.143. The van der Waals surface area contributed by atoms with Gasteiger partial charge in [0.15, 0.2) is 0 Å². The summed E-state index contributed by atoms with van der Waals surface area (Å²) < 4.78 is 22.7. The molecule has 1 amide bonds. The van der Waals surface area contributed by atoms with Crippen LogP contribution < -0.4 is 5.14 Å². The standard InChI is InChI=1S/C12H15ClN2O3S/c1-8-3-2-4-15(8)12(16)9-5-10(13)7-11(6-9)19(14,17)18/h5-8H,2-4H2,1H3,(H2,14,17,18). The van der Waals surface area contributed by atoms with Crippen molar-refractivity contribution in [3.8, 4) is 0 Å². The molecule has 1 unspecified atom stereocenters. The zero-order valence-corrected chi connectivity index (χ0v) is 12.0. The summed E-state index contributed by atoms with van der Waals surface area (Å²) >= 11 is 5.85. The second kappa shape index (κ2) is 5.11. The lowest BCUT2D eigenvalue weighted by Crippen LogP contribution is -2.33. The van der Waals surface area contributed by atoms with E-state index in [1.165, 1.54) is 18.2 Å². The smallest absolute Gasteiger partial charge is 0.254 e. The van der Waals surface area contributed by atoms with Gasteiger partial charge in [-0.15, -0.1) is 0 Å². The molecule has 1 saturated heterocycles. The van der Waals surface area contributed by atoms with Gasteiger partial charge in [0.2, 0.25) is 10.0 Å². The van der Waals surface area contributed by atoms with Gasteiger partial charge in [-0.2, -0.15) is 0 Å². The van der Waals surface area contributed by atoms with Crippen LogP contribution >= 0.6 is 11.6 Å². The summed E-state index contributed by atoms with van der Waals surface area (Å²) in [6.07, 6.45) is 1.91. The Morgan fingerprint density at radius 3 is 2.63 bits per heavy atom. The van der Waals surface area contributed by atoms with Gasteiger partial charge in [-0.3, -0.25) is 4.79 Å². The van der Waals surface area contributed by atoms with E-state index in [0.29, 0.717) is 6.54 Å². The van der Waals surface area contributed by atoms with Crippen molar-refractivity contribution >= 4 is 27.5 Å². The van der Waals surface area contributed by atoms with Crippen LogP contribution in [0.3, 0.4) is 0 Å². The predicted octanol–water partition coefficient (Wildman–Crippen LogP) is 1.61. The minimum atomic E-state index is -3.87. The van der Waals surface area contributed by atoms with E-state index < -0.39 is 10.0 Å². The van der Waals surface area contributed by atoms with Gasteiger partial charge in [0, 0.05) is 23.2 Å². The molecule has 1 aliphatic heterocycles. The number of sulfonamides is 1. The monoisotopic (exact) mass is 302 g/mol. The molecular formula is C12H15ClN2O3S. The van der Waals surface area contributed by atoms with Crippen molar-refractivity contribution in [1.82, 2.24) is 4.90 Å². The molecule has 19 heavy (non-hydrogen) atoms. The number of amides is 1. The summed E-state index contributed by atoms with van der Waals surface area (Å²) in [4.78, 5) is 13.9. The van der Waals surface area contributed by atoms with Crippen LogP contribution in [0.25, 0.3) is 0 Å². The van der Waals surface area contributed by atoms with E-state index in [2.05, 4.69) is 0 Å². The fraction of sp³-hybridized carbons (Fsp3) is 0.417. The number of benzene rings is 1. The fourth-order valence-electron chi connectivity index (χ4n) is 2.25. The third-order valence-electron chi connectivity index (χ3n) is 3.26. The molecule has 7 heteroatoms. The molecule has 2 N–H and O–H groups in total. The molecule has 1 atom stereocenters. The highest BCUT2D eigenvalue weighted by Crippen LogP contribution is 2.23. The molecule has 0 bridgehead atoms. The zero-order valence-electron chi connectivity index (χ0n) is 10.5. The van der Waals surface area contributed by atoms with E-state index in [9.17, 15) is 13.2 Å². The molecule has 2 rings (SSSR count). The van der Waals surface area contributed by atoms with Crippen molar-refractivity contribution in [3.63, 3.8) is 0 Å². The van der Waals surface area contributed by atoms with Crippen LogP contribution in [0.5, 0.6) is 0 Å². The Hall–Kier alpha value is -1.11. The Labute approximate surface area is 117 Å². The molecule has 1 fully saturated rings. The Morgan fingerprint density at radius 1 is 1.42 bits per heavy atom. The lowest BCUT2D eigenvalue weighted by molar-refractivity contribution is 0.0747. The third kappa shape index (κ3) is 3.08. The lowest BCUT2D eigenvalue weighted by Gasteiger charge is -2.21. The maximum Gasteiger partial charge on any atom is 0.254 e.